The Morgan fingerprint density at radius 1 is 1.18 bits per heavy atom. The zero-order chi connectivity index (χ0) is 20.3. The number of para-hydroxylation sites is 1. The minimum atomic E-state index is -1.23. The van der Waals surface area contributed by atoms with Gasteiger partial charge in [-0.3, -0.25) is 4.79 Å². The van der Waals surface area contributed by atoms with Crippen LogP contribution in [-0.2, 0) is 9.53 Å². The van der Waals surface area contributed by atoms with Gasteiger partial charge in [-0.15, -0.1) is 0 Å². The molecule has 0 bridgehead atoms. The minimum absolute atomic E-state index is 0.00233. The number of ether oxygens (including phenoxy) is 3. The van der Waals surface area contributed by atoms with Crippen LogP contribution in [-0.4, -0.2) is 42.9 Å². The minimum Gasteiger partial charge on any atom is -0.493 e. The number of aromatic carboxylic acids is 1. The van der Waals surface area contributed by atoms with Crippen molar-refractivity contribution in [2.75, 3.05) is 26.1 Å². The van der Waals surface area contributed by atoms with Crippen LogP contribution in [0.25, 0.3) is 5.57 Å². The fourth-order valence-electron chi connectivity index (χ4n) is 3.03. The van der Waals surface area contributed by atoms with E-state index in [1.165, 1.54) is 32.4 Å². The number of methoxy groups -OCH3 is 2. The van der Waals surface area contributed by atoms with Gasteiger partial charge in [0, 0.05) is 6.08 Å². The number of carbonyl (C=O) groups excluding carboxylic acids is 1. The van der Waals surface area contributed by atoms with E-state index in [4.69, 9.17) is 14.2 Å². The number of rotatable bonds is 5. The Morgan fingerprint density at radius 3 is 2.61 bits per heavy atom. The summed E-state index contributed by atoms with van der Waals surface area (Å²) in [6.07, 6.45) is 0.0721. The summed E-state index contributed by atoms with van der Waals surface area (Å²) < 4.78 is 15.9. The lowest BCUT2D eigenvalue weighted by molar-refractivity contribution is -0.112. The van der Waals surface area contributed by atoms with Gasteiger partial charge in [0.05, 0.1) is 37.6 Å². The summed E-state index contributed by atoms with van der Waals surface area (Å²) in [6.45, 7) is -0.00233. The highest BCUT2D eigenvalue weighted by Crippen LogP contribution is 2.43. The number of anilines is 1. The molecule has 1 aliphatic heterocycles. The molecular formula is C20H19NO7. The summed E-state index contributed by atoms with van der Waals surface area (Å²) in [5, 5.41) is 22.0. The number of hydrogen-bond acceptors (Lipinski definition) is 6. The van der Waals surface area contributed by atoms with Gasteiger partial charge in [0.25, 0.3) is 0 Å². The summed E-state index contributed by atoms with van der Waals surface area (Å²) in [5.74, 6) is -0.931. The molecule has 2 aromatic carbocycles. The lowest BCUT2D eigenvalue weighted by Gasteiger charge is -2.27. The second-order valence-corrected chi connectivity index (χ2v) is 5.94. The van der Waals surface area contributed by atoms with Crippen molar-refractivity contribution in [1.82, 2.24) is 0 Å². The highest BCUT2D eigenvalue weighted by molar-refractivity contribution is 6.07. The van der Waals surface area contributed by atoms with E-state index in [-0.39, 0.29) is 17.9 Å². The Bertz CT molecular complexity index is 952. The fourth-order valence-corrected chi connectivity index (χ4v) is 3.03. The van der Waals surface area contributed by atoms with E-state index in [1.807, 2.05) is 0 Å². The van der Waals surface area contributed by atoms with Crippen molar-refractivity contribution in [3.05, 3.63) is 59.2 Å². The molecule has 0 aromatic heterocycles. The molecule has 0 radical (unpaired) electrons. The normalized spacial score (nSPS) is 17.0. The SMILES string of the molecule is COc1ccc2c(c1OC)C(O)OC/C2=C\C(=O)Nc1ccccc1C(=O)O. The van der Waals surface area contributed by atoms with Crippen molar-refractivity contribution < 1.29 is 34.0 Å². The van der Waals surface area contributed by atoms with Crippen molar-refractivity contribution in [1.29, 1.82) is 0 Å². The lowest BCUT2D eigenvalue weighted by Crippen LogP contribution is -2.19. The number of hydrogen-bond donors (Lipinski definition) is 3. The molecule has 0 fully saturated rings. The smallest absolute Gasteiger partial charge is 0.337 e. The highest BCUT2D eigenvalue weighted by Gasteiger charge is 2.28. The number of carbonyl (C=O) groups is 2. The molecule has 1 heterocycles. The monoisotopic (exact) mass is 385 g/mol. The van der Waals surface area contributed by atoms with Crippen LogP contribution in [0.15, 0.2) is 42.5 Å². The van der Waals surface area contributed by atoms with Crippen LogP contribution in [0.5, 0.6) is 11.5 Å². The maximum atomic E-state index is 12.5. The van der Waals surface area contributed by atoms with Gasteiger partial charge in [-0.1, -0.05) is 18.2 Å². The summed E-state index contributed by atoms with van der Waals surface area (Å²) in [6, 6.07) is 9.47. The van der Waals surface area contributed by atoms with E-state index in [0.29, 0.717) is 28.2 Å². The van der Waals surface area contributed by atoms with E-state index >= 15 is 0 Å². The van der Waals surface area contributed by atoms with Gasteiger partial charge >= 0.3 is 5.97 Å². The molecule has 28 heavy (non-hydrogen) atoms. The Morgan fingerprint density at radius 2 is 1.93 bits per heavy atom. The van der Waals surface area contributed by atoms with Gasteiger partial charge in [0.15, 0.2) is 17.8 Å². The lowest BCUT2D eigenvalue weighted by atomic mass is 9.95. The van der Waals surface area contributed by atoms with Crippen LogP contribution in [0.1, 0.15) is 27.8 Å². The molecule has 146 valence electrons. The number of fused-ring (bicyclic) bond motifs is 1. The number of benzene rings is 2. The number of carboxylic acid groups (broad SMARTS) is 1. The summed E-state index contributed by atoms with van der Waals surface area (Å²) >= 11 is 0. The van der Waals surface area contributed by atoms with Gasteiger partial charge in [-0.05, 0) is 29.3 Å². The van der Waals surface area contributed by atoms with Crippen molar-refractivity contribution in [2.45, 2.75) is 6.29 Å². The van der Waals surface area contributed by atoms with Crippen molar-refractivity contribution in [3.8, 4) is 11.5 Å². The van der Waals surface area contributed by atoms with Gasteiger partial charge in [0.2, 0.25) is 5.91 Å². The fraction of sp³-hybridized carbons (Fsp3) is 0.200. The molecule has 1 aliphatic rings. The molecule has 1 unspecified atom stereocenters. The second-order valence-electron chi connectivity index (χ2n) is 5.94. The topological polar surface area (TPSA) is 114 Å². The quantitative estimate of drug-likeness (QED) is 0.677. The average Bonchev–Trinajstić information content (AvgIpc) is 2.69. The first-order valence-electron chi connectivity index (χ1n) is 8.35. The molecule has 8 nitrogen and oxygen atoms in total. The van der Waals surface area contributed by atoms with E-state index in [2.05, 4.69) is 5.32 Å². The molecule has 0 aliphatic carbocycles. The van der Waals surface area contributed by atoms with E-state index in [9.17, 15) is 19.8 Å². The number of carboxylic acids is 1. The largest absolute Gasteiger partial charge is 0.493 e. The van der Waals surface area contributed by atoms with Crippen LogP contribution in [0, 0.1) is 0 Å². The Hall–Kier alpha value is -3.36. The predicted octanol–water partition coefficient (Wildman–Crippen LogP) is 2.45. The Labute approximate surface area is 161 Å². The van der Waals surface area contributed by atoms with Crippen LogP contribution in [0.2, 0.25) is 0 Å². The first-order chi connectivity index (χ1) is 13.5. The second kappa shape index (κ2) is 8.12. The third kappa shape index (κ3) is 3.68. The molecule has 0 spiro atoms. The van der Waals surface area contributed by atoms with Crippen LogP contribution in [0.3, 0.4) is 0 Å². The maximum Gasteiger partial charge on any atom is 0.337 e. The van der Waals surface area contributed by atoms with E-state index in [0.717, 1.165) is 0 Å². The summed E-state index contributed by atoms with van der Waals surface area (Å²) in [4.78, 5) is 23.8. The van der Waals surface area contributed by atoms with Crippen molar-refractivity contribution in [3.63, 3.8) is 0 Å². The van der Waals surface area contributed by atoms with E-state index < -0.39 is 18.2 Å². The average molecular weight is 385 g/mol. The summed E-state index contributed by atoms with van der Waals surface area (Å²) in [5.41, 5.74) is 1.61. The molecule has 8 heteroatoms. The maximum absolute atomic E-state index is 12.5. The Kier molecular flexibility index (Phi) is 5.62. The standard InChI is InChI=1S/C20H19NO7/c1-26-15-8-7-12-11(10-28-20(25)17(12)18(15)27-2)9-16(22)21-14-6-4-3-5-13(14)19(23)24/h3-9,20,25H,10H2,1-2H3,(H,21,22)(H,23,24)/b11-9+. The highest BCUT2D eigenvalue weighted by atomic mass is 16.6. The molecule has 1 amide bonds. The third-order valence-corrected chi connectivity index (χ3v) is 4.29. The molecule has 0 saturated carbocycles. The van der Waals surface area contributed by atoms with Crippen molar-refractivity contribution in [2.24, 2.45) is 0 Å². The first kappa shape index (κ1) is 19.4. The molecule has 3 rings (SSSR count). The molecule has 1 atom stereocenters. The molecule has 3 N–H and O–H groups in total. The van der Waals surface area contributed by atoms with Crippen molar-refractivity contribution >= 4 is 23.1 Å². The number of amides is 1. The predicted molar refractivity (Wildman–Crippen MR) is 100 cm³/mol. The molecule has 2 aromatic rings. The number of aliphatic hydroxyl groups is 1. The van der Waals surface area contributed by atoms with Crippen LogP contribution < -0.4 is 14.8 Å². The zero-order valence-electron chi connectivity index (χ0n) is 15.3. The first-order valence-corrected chi connectivity index (χ1v) is 8.35. The van der Waals surface area contributed by atoms with Gasteiger partial charge < -0.3 is 29.7 Å². The number of nitrogens with one attached hydrogen (secondary N) is 1. The van der Waals surface area contributed by atoms with Gasteiger partial charge in [-0.2, -0.15) is 0 Å². The summed E-state index contributed by atoms with van der Waals surface area (Å²) in [7, 11) is 2.92. The van der Waals surface area contributed by atoms with Crippen LogP contribution >= 0.6 is 0 Å². The zero-order valence-corrected chi connectivity index (χ0v) is 15.3. The Balaban J connectivity index is 1.96. The van der Waals surface area contributed by atoms with Crippen LogP contribution in [0.4, 0.5) is 5.69 Å². The van der Waals surface area contributed by atoms with Gasteiger partial charge in [-0.25, -0.2) is 4.79 Å². The van der Waals surface area contributed by atoms with Gasteiger partial charge in [0.1, 0.15) is 0 Å². The number of aliphatic hydroxyl groups excluding tert-OH is 1. The molecule has 0 saturated heterocycles. The van der Waals surface area contributed by atoms with E-state index in [1.54, 1.807) is 24.3 Å². The third-order valence-electron chi connectivity index (χ3n) is 4.29. The molecular weight excluding hydrogens is 366 g/mol.